The van der Waals surface area contributed by atoms with E-state index in [1.54, 1.807) is 34.3 Å². The van der Waals surface area contributed by atoms with E-state index in [9.17, 15) is 8.42 Å². The van der Waals surface area contributed by atoms with E-state index in [1.165, 1.54) is 28.9 Å². The third-order valence-corrected chi connectivity index (χ3v) is 9.81. The number of hydrogen-bond donors (Lipinski definition) is 1. The van der Waals surface area contributed by atoms with Gasteiger partial charge in [0.05, 0.1) is 4.90 Å². The summed E-state index contributed by atoms with van der Waals surface area (Å²) in [6.07, 6.45) is 7.60. The summed E-state index contributed by atoms with van der Waals surface area (Å²) in [5, 5.41) is 13.8. The normalized spacial score (nSPS) is 17.9. The maximum atomic E-state index is 13.6. The molecule has 1 fully saturated rings. The zero-order valence-corrected chi connectivity index (χ0v) is 21.4. The number of aromatic nitrogens is 3. The fraction of sp³-hybridized carbons (Fsp3) is 0.346. The third kappa shape index (κ3) is 4.44. The van der Waals surface area contributed by atoms with Crippen LogP contribution in [0, 0.1) is 0 Å². The van der Waals surface area contributed by atoms with E-state index in [2.05, 4.69) is 32.6 Å². The Hall–Kier alpha value is -3.08. The summed E-state index contributed by atoms with van der Waals surface area (Å²) < 4.78 is 34.7. The number of nitrogens with zero attached hydrogens (tertiary/aromatic N) is 4. The molecule has 1 aliphatic heterocycles. The highest BCUT2D eigenvalue weighted by molar-refractivity contribution is 7.89. The molecule has 10 heteroatoms. The van der Waals surface area contributed by atoms with Gasteiger partial charge in [-0.2, -0.15) is 4.31 Å². The zero-order chi connectivity index (χ0) is 24.5. The molecule has 1 aliphatic carbocycles. The minimum absolute atomic E-state index is 0.0896. The summed E-state index contributed by atoms with van der Waals surface area (Å²) in [5.41, 5.74) is 5.35. The Balaban J connectivity index is 1.16. The van der Waals surface area contributed by atoms with Gasteiger partial charge in [0.1, 0.15) is 22.9 Å². The predicted molar refractivity (Wildman–Crippen MR) is 140 cm³/mol. The standard InChI is InChI=1S/C26H27N5O3S2/c32-36(33,31-12-9-20(16-31)26-30-29-17-35-26)25-7-6-24(23-15-27-10-8-22(23)25)28-11-13-34-21-5-4-18-2-1-3-19(18)14-21/h4-8,10,14-15,17,20,28H,1-3,9,11-13,16H2. The number of benzene rings is 2. The van der Waals surface area contributed by atoms with Crippen molar-refractivity contribution in [2.45, 2.75) is 36.5 Å². The Bertz CT molecular complexity index is 1490. The van der Waals surface area contributed by atoms with Crippen LogP contribution in [0.1, 0.15) is 34.9 Å². The molecular weight excluding hydrogens is 494 g/mol. The maximum absolute atomic E-state index is 13.6. The molecule has 3 heterocycles. The Labute approximate surface area is 214 Å². The summed E-state index contributed by atoms with van der Waals surface area (Å²) in [6, 6.07) is 11.6. The average Bonchev–Trinajstić information content (AvgIpc) is 3.67. The van der Waals surface area contributed by atoms with Gasteiger partial charge in [-0.3, -0.25) is 4.98 Å². The van der Waals surface area contributed by atoms with Crippen molar-refractivity contribution in [3.63, 3.8) is 0 Å². The number of sulfonamides is 1. The minimum Gasteiger partial charge on any atom is -0.492 e. The summed E-state index contributed by atoms with van der Waals surface area (Å²) >= 11 is 1.48. The first-order valence-electron chi connectivity index (χ1n) is 12.2. The number of aryl methyl sites for hydroxylation is 2. The molecule has 0 spiro atoms. The molecule has 36 heavy (non-hydrogen) atoms. The monoisotopic (exact) mass is 521 g/mol. The first-order chi connectivity index (χ1) is 17.6. The summed E-state index contributed by atoms with van der Waals surface area (Å²) in [6.45, 7) is 1.98. The number of pyridine rings is 1. The average molecular weight is 522 g/mol. The lowest BCUT2D eigenvalue weighted by Crippen LogP contribution is -2.29. The molecule has 4 aromatic rings. The van der Waals surface area contributed by atoms with Gasteiger partial charge in [0.15, 0.2) is 0 Å². The van der Waals surface area contributed by atoms with Gasteiger partial charge >= 0.3 is 0 Å². The lowest BCUT2D eigenvalue weighted by atomic mass is 10.1. The quantitative estimate of drug-likeness (QED) is 0.346. The molecule has 186 valence electrons. The highest BCUT2D eigenvalue weighted by Crippen LogP contribution is 2.35. The van der Waals surface area contributed by atoms with Crippen molar-refractivity contribution >= 4 is 37.8 Å². The second kappa shape index (κ2) is 9.76. The van der Waals surface area contributed by atoms with E-state index < -0.39 is 10.0 Å². The topological polar surface area (TPSA) is 97.3 Å². The lowest BCUT2D eigenvalue weighted by Gasteiger charge is -2.19. The van der Waals surface area contributed by atoms with Gasteiger partial charge in [0.2, 0.25) is 10.0 Å². The molecule has 0 radical (unpaired) electrons. The molecule has 6 rings (SSSR count). The number of anilines is 1. The van der Waals surface area contributed by atoms with E-state index in [0.717, 1.165) is 41.1 Å². The molecule has 1 unspecified atom stereocenters. The van der Waals surface area contributed by atoms with Crippen LogP contribution in [-0.2, 0) is 22.9 Å². The molecule has 2 aromatic heterocycles. The van der Waals surface area contributed by atoms with Crippen molar-refractivity contribution < 1.29 is 13.2 Å². The van der Waals surface area contributed by atoms with Crippen LogP contribution in [0.3, 0.4) is 0 Å². The van der Waals surface area contributed by atoms with Crippen molar-refractivity contribution in [1.29, 1.82) is 0 Å². The van der Waals surface area contributed by atoms with Crippen LogP contribution < -0.4 is 10.1 Å². The number of fused-ring (bicyclic) bond motifs is 2. The second-order valence-corrected chi connectivity index (χ2v) is 12.0. The van der Waals surface area contributed by atoms with Crippen molar-refractivity contribution in [3.05, 3.63) is 70.4 Å². The lowest BCUT2D eigenvalue weighted by molar-refractivity contribution is 0.332. The second-order valence-electron chi connectivity index (χ2n) is 9.22. The maximum Gasteiger partial charge on any atom is 0.243 e. The van der Waals surface area contributed by atoms with Crippen molar-refractivity contribution in [2.24, 2.45) is 0 Å². The van der Waals surface area contributed by atoms with Gasteiger partial charge in [-0.1, -0.05) is 6.07 Å². The first kappa shape index (κ1) is 23.3. The van der Waals surface area contributed by atoms with Crippen molar-refractivity contribution in [3.8, 4) is 5.75 Å². The summed E-state index contributed by atoms with van der Waals surface area (Å²) in [5.74, 6) is 0.981. The molecule has 2 aromatic carbocycles. The van der Waals surface area contributed by atoms with Crippen LogP contribution in [0.5, 0.6) is 5.75 Å². The molecule has 2 aliphatic rings. The molecular formula is C26H27N5O3S2. The van der Waals surface area contributed by atoms with Crippen LogP contribution >= 0.6 is 11.3 Å². The van der Waals surface area contributed by atoms with Gasteiger partial charge in [-0.05, 0) is 67.1 Å². The zero-order valence-electron chi connectivity index (χ0n) is 19.8. The highest BCUT2D eigenvalue weighted by atomic mass is 32.2. The van der Waals surface area contributed by atoms with Crippen molar-refractivity contribution in [2.75, 3.05) is 31.6 Å². The smallest absolute Gasteiger partial charge is 0.243 e. The molecule has 0 saturated carbocycles. The molecule has 8 nitrogen and oxygen atoms in total. The number of ether oxygens (including phenoxy) is 1. The molecule has 1 N–H and O–H groups in total. The molecule has 1 atom stereocenters. The highest BCUT2D eigenvalue weighted by Gasteiger charge is 2.35. The minimum atomic E-state index is -3.66. The van der Waals surface area contributed by atoms with Crippen LogP contribution in [-0.4, -0.2) is 54.1 Å². The first-order valence-corrected chi connectivity index (χ1v) is 14.5. The number of rotatable bonds is 8. The van der Waals surface area contributed by atoms with Gasteiger partial charge in [0.25, 0.3) is 0 Å². The predicted octanol–water partition coefficient (Wildman–Crippen LogP) is 4.24. The SMILES string of the molecule is O=S(=O)(c1ccc(NCCOc2ccc3c(c2)CCC3)c2cnccc12)N1CCC(c2nncs2)C1. The summed E-state index contributed by atoms with van der Waals surface area (Å²) in [7, 11) is -3.66. The Morgan fingerprint density at radius 3 is 2.92 bits per heavy atom. The fourth-order valence-electron chi connectivity index (χ4n) is 5.18. The van der Waals surface area contributed by atoms with Gasteiger partial charge in [0, 0.05) is 54.4 Å². The van der Waals surface area contributed by atoms with Crippen LogP contribution in [0.25, 0.3) is 10.8 Å². The molecule has 0 amide bonds. The molecule has 1 saturated heterocycles. The van der Waals surface area contributed by atoms with E-state index in [0.29, 0.717) is 36.5 Å². The number of hydrogen-bond acceptors (Lipinski definition) is 8. The van der Waals surface area contributed by atoms with E-state index in [-0.39, 0.29) is 5.92 Å². The largest absolute Gasteiger partial charge is 0.492 e. The van der Waals surface area contributed by atoms with E-state index >= 15 is 0 Å². The van der Waals surface area contributed by atoms with Crippen molar-refractivity contribution in [1.82, 2.24) is 19.5 Å². The molecule has 0 bridgehead atoms. The van der Waals surface area contributed by atoms with Gasteiger partial charge in [-0.15, -0.1) is 21.5 Å². The van der Waals surface area contributed by atoms with Crippen LogP contribution in [0.2, 0.25) is 0 Å². The van der Waals surface area contributed by atoms with E-state index in [4.69, 9.17) is 4.74 Å². The third-order valence-electron chi connectivity index (χ3n) is 7.03. The Kier molecular flexibility index (Phi) is 6.32. The Morgan fingerprint density at radius 2 is 2.03 bits per heavy atom. The number of nitrogens with one attached hydrogen (secondary N) is 1. The van der Waals surface area contributed by atoms with Crippen LogP contribution in [0.15, 0.2) is 59.2 Å². The fourth-order valence-corrected chi connectivity index (χ4v) is 7.56. The summed E-state index contributed by atoms with van der Waals surface area (Å²) in [4.78, 5) is 4.56. The van der Waals surface area contributed by atoms with Gasteiger partial charge in [-0.25, -0.2) is 8.42 Å². The van der Waals surface area contributed by atoms with Gasteiger partial charge < -0.3 is 10.1 Å². The Morgan fingerprint density at radius 1 is 1.11 bits per heavy atom. The van der Waals surface area contributed by atoms with E-state index in [1.807, 2.05) is 12.1 Å². The van der Waals surface area contributed by atoms with Crippen LogP contribution in [0.4, 0.5) is 5.69 Å².